The first-order chi connectivity index (χ1) is 14.9. The fraction of sp³-hybridized carbons (Fsp3) is 0.273. The second kappa shape index (κ2) is 8.52. The number of anilines is 1. The summed E-state index contributed by atoms with van der Waals surface area (Å²) in [4.78, 5) is 12.3. The van der Waals surface area contributed by atoms with Gasteiger partial charge in [0, 0.05) is 36.5 Å². The Morgan fingerprint density at radius 1 is 1.19 bits per heavy atom. The van der Waals surface area contributed by atoms with Crippen molar-refractivity contribution in [2.24, 2.45) is 0 Å². The molecule has 0 bridgehead atoms. The van der Waals surface area contributed by atoms with E-state index in [-0.39, 0.29) is 23.2 Å². The smallest absolute Gasteiger partial charge is 0.274 e. The number of hydrogen-bond acceptors (Lipinski definition) is 5. The van der Waals surface area contributed by atoms with Crippen LogP contribution in [0.25, 0.3) is 5.69 Å². The summed E-state index contributed by atoms with van der Waals surface area (Å²) in [6.45, 7) is 3.00. The van der Waals surface area contributed by atoms with Crippen LogP contribution in [0.3, 0.4) is 0 Å². The first-order valence-electron chi connectivity index (χ1n) is 9.78. The molecule has 1 aromatic heterocycles. The molecule has 4 rings (SSSR count). The normalized spacial score (nSPS) is 17.5. The first kappa shape index (κ1) is 21.1. The number of epoxide rings is 1. The molecule has 1 aliphatic rings. The van der Waals surface area contributed by atoms with Crippen LogP contribution in [0.2, 0.25) is 0 Å². The molecule has 1 N–H and O–H groups in total. The average molecular weight is 431 g/mol. The molecule has 2 aromatic carbocycles. The van der Waals surface area contributed by atoms with Crippen molar-refractivity contribution in [2.75, 3.05) is 18.5 Å². The lowest BCUT2D eigenvalue weighted by atomic mass is 10.1. The van der Waals surface area contributed by atoms with Crippen molar-refractivity contribution in [3.8, 4) is 5.69 Å². The summed E-state index contributed by atoms with van der Waals surface area (Å²) in [5.74, 6) is -5.05. The van der Waals surface area contributed by atoms with Gasteiger partial charge in [0.1, 0.15) is 12.3 Å². The molecule has 1 fully saturated rings. The number of nitrogens with one attached hydrogen (secondary N) is 1. The Morgan fingerprint density at radius 2 is 1.94 bits per heavy atom. The predicted octanol–water partition coefficient (Wildman–Crippen LogP) is 3.76. The number of hydrogen-bond donors (Lipinski definition) is 1. The summed E-state index contributed by atoms with van der Waals surface area (Å²) in [6, 6.07) is 10.2. The molecule has 1 saturated heterocycles. The zero-order chi connectivity index (χ0) is 22.0. The molecule has 2 heterocycles. The topological polar surface area (TPSA) is 68.7 Å². The fourth-order valence-corrected chi connectivity index (χ4v) is 3.08. The highest BCUT2D eigenvalue weighted by Gasteiger charge is 2.46. The summed E-state index contributed by atoms with van der Waals surface area (Å²) < 4.78 is 52.6. The highest BCUT2D eigenvalue weighted by molar-refractivity contribution is 5.48. The minimum atomic E-state index is -1.56. The van der Waals surface area contributed by atoms with E-state index in [2.05, 4.69) is 10.4 Å². The minimum absolute atomic E-state index is 0.0334. The number of nitrogens with zero attached hydrogens (tertiary/aromatic N) is 2. The summed E-state index contributed by atoms with van der Waals surface area (Å²) >= 11 is 0. The van der Waals surface area contributed by atoms with Crippen molar-refractivity contribution in [3.05, 3.63) is 87.6 Å². The van der Waals surface area contributed by atoms with Crippen molar-refractivity contribution >= 4 is 5.69 Å². The lowest BCUT2D eigenvalue weighted by Crippen LogP contribution is -2.27. The van der Waals surface area contributed by atoms with E-state index in [1.807, 2.05) is 31.2 Å². The Bertz CT molecular complexity index is 1140. The molecule has 0 radical (unpaired) electrons. The van der Waals surface area contributed by atoms with Gasteiger partial charge < -0.3 is 14.8 Å². The Balaban J connectivity index is 1.56. The Hall–Kier alpha value is -3.17. The van der Waals surface area contributed by atoms with E-state index >= 15 is 0 Å². The molecule has 1 unspecified atom stereocenters. The van der Waals surface area contributed by atoms with E-state index in [1.54, 1.807) is 0 Å². The highest BCUT2D eigenvalue weighted by Crippen LogP contribution is 2.30. The molecule has 162 valence electrons. The van der Waals surface area contributed by atoms with Gasteiger partial charge in [-0.05, 0) is 24.1 Å². The van der Waals surface area contributed by atoms with Crippen LogP contribution in [0.1, 0.15) is 24.6 Å². The molecule has 1 aliphatic heterocycles. The maximum atomic E-state index is 13.6. The van der Waals surface area contributed by atoms with Crippen LogP contribution in [0.5, 0.6) is 0 Å². The molecule has 0 aliphatic carbocycles. The van der Waals surface area contributed by atoms with Crippen LogP contribution >= 0.6 is 0 Å². The molecule has 0 amide bonds. The lowest BCUT2D eigenvalue weighted by molar-refractivity contribution is -0.0219. The van der Waals surface area contributed by atoms with Gasteiger partial charge >= 0.3 is 0 Å². The van der Waals surface area contributed by atoms with Gasteiger partial charge in [-0.1, -0.05) is 19.1 Å². The minimum Gasteiger partial charge on any atom is -0.333 e. The second-order valence-electron chi connectivity index (χ2n) is 7.19. The van der Waals surface area contributed by atoms with Gasteiger partial charge in [-0.2, -0.15) is 5.10 Å². The van der Waals surface area contributed by atoms with Gasteiger partial charge in [0.15, 0.2) is 17.5 Å². The molecular weight excluding hydrogens is 411 g/mol. The van der Waals surface area contributed by atoms with Crippen LogP contribution in [-0.2, 0) is 15.9 Å². The molecule has 0 spiro atoms. The van der Waals surface area contributed by atoms with Crippen molar-refractivity contribution < 1.29 is 22.6 Å². The SMILES string of the molecule is CCCOC1(Nc2cccc(Cc3nn(-c4cc(F)c(F)c(F)c4)ccc3=O)c2)CO1. The van der Waals surface area contributed by atoms with Gasteiger partial charge in [-0.15, -0.1) is 0 Å². The summed E-state index contributed by atoms with van der Waals surface area (Å²) in [7, 11) is 0. The third-order valence-electron chi connectivity index (χ3n) is 4.69. The lowest BCUT2D eigenvalue weighted by Gasteiger charge is -2.16. The molecule has 1 atom stereocenters. The Labute approximate surface area is 176 Å². The molecule has 0 saturated carbocycles. The zero-order valence-corrected chi connectivity index (χ0v) is 16.7. The van der Waals surface area contributed by atoms with E-state index < -0.39 is 23.4 Å². The van der Waals surface area contributed by atoms with Crippen LogP contribution < -0.4 is 10.7 Å². The number of halogens is 3. The van der Waals surface area contributed by atoms with Crippen molar-refractivity contribution in [2.45, 2.75) is 25.7 Å². The van der Waals surface area contributed by atoms with Gasteiger partial charge in [0.2, 0.25) is 5.43 Å². The number of ether oxygens (including phenoxy) is 2. The molecule has 31 heavy (non-hydrogen) atoms. The summed E-state index contributed by atoms with van der Waals surface area (Å²) in [5, 5.41) is 7.38. The maximum Gasteiger partial charge on any atom is 0.274 e. The van der Waals surface area contributed by atoms with Gasteiger partial charge in [-0.3, -0.25) is 4.79 Å². The largest absolute Gasteiger partial charge is 0.333 e. The van der Waals surface area contributed by atoms with E-state index in [1.165, 1.54) is 12.3 Å². The fourth-order valence-electron chi connectivity index (χ4n) is 3.08. The number of benzene rings is 2. The quantitative estimate of drug-likeness (QED) is 0.334. The van der Waals surface area contributed by atoms with E-state index in [9.17, 15) is 18.0 Å². The van der Waals surface area contributed by atoms with Crippen molar-refractivity contribution in [3.63, 3.8) is 0 Å². The van der Waals surface area contributed by atoms with Crippen LogP contribution in [0, 0.1) is 17.5 Å². The third-order valence-corrected chi connectivity index (χ3v) is 4.69. The van der Waals surface area contributed by atoms with Crippen molar-refractivity contribution in [1.29, 1.82) is 0 Å². The van der Waals surface area contributed by atoms with E-state index in [0.717, 1.165) is 34.5 Å². The van der Waals surface area contributed by atoms with Gasteiger partial charge in [-0.25, -0.2) is 17.9 Å². The average Bonchev–Trinajstić information content (AvgIpc) is 3.51. The first-order valence-corrected chi connectivity index (χ1v) is 9.78. The zero-order valence-electron chi connectivity index (χ0n) is 16.7. The van der Waals surface area contributed by atoms with Crippen LogP contribution in [0.4, 0.5) is 18.9 Å². The number of rotatable bonds is 8. The second-order valence-corrected chi connectivity index (χ2v) is 7.19. The molecular formula is C22H20F3N3O3. The summed E-state index contributed by atoms with van der Waals surface area (Å²) in [6.07, 6.45) is 2.32. The van der Waals surface area contributed by atoms with Crippen LogP contribution in [-0.4, -0.2) is 28.9 Å². The maximum absolute atomic E-state index is 13.6. The highest BCUT2D eigenvalue weighted by atomic mass is 19.2. The standard InChI is InChI=1S/C22H20F3N3O3/c1-2-8-30-22(13-31-22)26-15-5-3-4-14(9-15)10-19-20(29)6-7-28(27-19)16-11-17(23)21(25)18(24)12-16/h3-7,9,11-12,26H,2,8,10,13H2,1H3. The third kappa shape index (κ3) is 4.78. The van der Waals surface area contributed by atoms with Crippen molar-refractivity contribution in [1.82, 2.24) is 9.78 Å². The Morgan fingerprint density at radius 3 is 2.61 bits per heavy atom. The molecule has 6 nitrogen and oxygen atoms in total. The predicted molar refractivity (Wildman–Crippen MR) is 108 cm³/mol. The van der Waals surface area contributed by atoms with Gasteiger partial charge in [0.05, 0.1) is 12.3 Å². The molecule has 3 aromatic rings. The van der Waals surface area contributed by atoms with Gasteiger partial charge in [0.25, 0.3) is 5.91 Å². The summed E-state index contributed by atoms with van der Waals surface area (Å²) in [5.41, 5.74) is 1.35. The van der Waals surface area contributed by atoms with E-state index in [4.69, 9.17) is 9.47 Å². The number of aromatic nitrogens is 2. The monoisotopic (exact) mass is 431 g/mol. The van der Waals surface area contributed by atoms with E-state index in [0.29, 0.717) is 13.2 Å². The van der Waals surface area contributed by atoms with Crippen LogP contribution in [0.15, 0.2) is 53.5 Å². The molecule has 9 heteroatoms. The Kier molecular flexibility index (Phi) is 5.79.